The maximum atomic E-state index is 13.4. The molecule has 1 aliphatic carbocycles. The smallest absolute Gasteiger partial charge is 0.484 e. The lowest BCUT2D eigenvalue weighted by molar-refractivity contribution is -0.274. The van der Waals surface area contributed by atoms with Crippen molar-refractivity contribution in [3.05, 3.63) is 24.3 Å². The number of nitriles is 1. The number of piperidine rings is 1. The molecule has 2 N–H and O–H groups in total. The fraction of sp³-hybridized carbons (Fsp3) is 0.630. The number of amides is 3. The monoisotopic (exact) mass is 550 g/mol. The zero-order chi connectivity index (χ0) is 28.4. The maximum absolute atomic E-state index is 13.4. The second kappa shape index (κ2) is 11.3. The highest BCUT2D eigenvalue weighted by atomic mass is 19.4. The van der Waals surface area contributed by atoms with Crippen molar-refractivity contribution in [2.75, 3.05) is 13.2 Å². The lowest BCUT2D eigenvalue weighted by atomic mass is 9.83. The van der Waals surface area contributed by atoms with Gasteiger partial charge in [-0.2, -0.15) is 5.26 Å². The van der Waals surface area contributed by atoms with Crippen molar-refractivity contribution in [2.45, 2.75) is 76.4 Å². The predicted octanol–water partition coefficient (Wildman–Crippen LogP) is 3.29. The Kier molecular flexibility index (Phi) is 8.28. The number of hydrogen-bond donors (Lipinski definition) is 2. The minimum Gasteiger partial charge on any atom is -0.484 e. The molecule has 1 saturated carbocycles. The Morgan fingerprint density at radius 2 is 1.90 bits per heavy atom. The number of carbonyl (C=O) groups excluding carboxylic acids is 3. The summed E-state index contributed by atoms with van der Waals surface area (Å²) in [6.45, 7) is 3.87. The number of carbonyl (C=O) groups is 3. The highest BCUT2D eigenvalue weighted by molar-refractivity contribution is 5.89. The molecule has 212 valence electrons. The van der Waals surface area contributed by atoms with Gasteiger partial charge in [-0.05, 0) is 82.1 Å². The summed E-state index contributed by atoms with van der Waals surface area (Å²) in [5.41, 5.74) is -0.303. The van der Waals surface area contributed by atoms with Crippen LogP contribution in [0.1, 0.15) is 52.4 Å². The van der Waals surface area contributed by atoms with Crippen LogP contribution in [0.2, 0.25) is 0 Å². The largest absolute Gasteiger partial charge is 0.573 e. The average Bonchev–Trinajstić information content (AvgIpc) is 3.44. The van der Waals surface area contributed by atoms with Crippen molar-refractivity contribution in [3.63, 3.8) is 0 Å². The molecule has 9 nitrogen and oxygen atoms in total. The number of benzene rings is 1. The number of nitrogens with zero attached hydrogens (tertiary/aromatic N) is 2. The molecule has 1 aromatic rings. The van der Waals surface area contributed by atoms with E-state index in [0.29, 0.717) is 13.0 Å². The normalized spacial score (nSPS) is 26.7. The van der Waals surface area contributed by atoms with E-state index in [4.69, 9.17) is 4.74 Å². The molecule has 5 atom stereocenters. The summed E-state index contributed by atoms with van der Waals surface area (Å²) >= 11 is 0. The molecule has 3 fully saturated rings. The SMILES string of the molecule is CC1(C)CC[C@@H](C[C@@H](C#N)NC(=O)C2[C@H]3CCC[C@H]3CN2C(=O)COc2ccc(OC(F)(F)F)cc2)C(=O)N1. The van der Waals surface area contributed by atoms with Gasteiger partial charge in [0.05, 0.1) is 6.07 Å². The van der Waals surface area contributed by atoms with Crippen LogP contribution < -0.4 is 20.1 Å². The molecule has 1 unspecified atom stereocenters. The van der Waals surface area contributed by atoms with Crippen molar-refractivity contribution >= 4 is 17.7 Å². The van der Waals surface area contributed by atoms with Gasteiger partial charge in [-0.15, -0.1) is 13.2 Å². The Labute approximate surface area is 225 Å². The number of fused-ring (bicyclic) bond motifs is 1. The van der Waals surface area contributed by atoms with Gasteiger partial charge in [0.1, 0.15) is 23.6 Å². The molecular weight excluding hydrogens is 517 g/mol. The van der Waals surface area contributed by atoms with E-state index in [1.165, 1.54) is 17.0 Å². The zero-order valence-corrected chi connectivity index (χ0v) is 21.9. The summed E-state index contributed by atoms with van der Waals surface area (Å²) in [6, 6.07) is 5.15. The molecular formula is C27H33F3N4O5. The highest BCUT2D eigenvalue weighted by Crippen LogP contribution is 2.42. The molecule has 1 aromatic carbocycles. The first-order chi connectivity index (χ1) is 18.3. The van der Waals surface area contributed by atoms with E-state index < -0.39 is 42.6 Å². The Hall–Kier alpha value is -3.49. The van der Waals surface area contributed by atoms with Crippen LogP contribution in [-0.2, 0) is 14.4 Å². The molecule has 12 heteroatoms. The molecule has 3 amide bonds. The van der Waals surface area contributed by atoms with Gasteiger partial charge < -0.3 is 25.0 Å². The molecule has 3 aliphatic rings. The van der Waals surface area contributed by atoms with Gasteiger partial charge in [0.15, 0.2) is 6.61 Å². The van der Waals surface area contributed by atoms with Crippen LogP contribution >= 0.6 is 0 Å². The number of likely N-dealkylation sites (tertiary alicyclic amines) is 1. The molecule has 2 heterocycles. The summed E-state index contributed by atoms with van der Waals surface area (Å²) in [4.78, 5) is 40.5. The van der Waals surface area contributed by atoms with Crippen LogP contribution in [0.3, 0.4) is 0 Å². The van der Waals surface area contributed by atoms with Crippen molar-refractivity contribution in [1.29, 1.82) is 5.26 Å². The number of halogens is 3. The average molecular weight is 551 g/mol. The minimum absolute atomic E-state index is 0.0362. The molecule has 2 aliphatic heterocycles. The maximum Gasteiger partial charge on any atom is 0.573 e. The number of nitrogens with one attached hydrogen (secondary N) is 2. The van der Waals surface area contributed by atoms with E-state index in [-0.39, 0.29) is 41.4 Å². The van der Waals surface area contributed by atoms with E-state index >= 15 is 0 Å². The quantitative estimate of drug-likeness (QED) is 0.513. The Balaban J connectivity index is 1.37. The number of rotatable bonds is 8. The second-order valence-electron chi connectivity index (χ2n) is 11.2. The van der Waals surface area contributed by atoms with Gasteiger partial charge in [0, 0.05) is 18.0 Å². The molecule has 0 aromatic heterocycles. The molecule has 4 rings (SSSR count). The third-order valence-electron chi connectivity index (χ3n) is 7.84. The molecule has 2 saturated heterocycles. The summed E-state index contributed by atoms with van der Waals surface area (Å²) in [7, 11) is 0. The van der Waals surface area contributed by atoms with Crippen molar-refractivity contribution in [2.24, 2.45) is 17.8 Å². The first-order valence-corrected chi connectivity index (χ1v) is 13.2. The van der Waals surface area contributed by atoms with Crippen molar-refractivity contribution in [3.8, 4) is 17.6 Å². The summed E-state index contributed by atoms with van der Waals surface area (Å²) in [6.07, 6.45) is -0.620. The van der Waals surface area contributed by atoms with Crippen LogP contribution in [0, 0.1) is 29.1 Å². The van der Waals surface area contributed by atoms with Gasteiger partial charge in [0.25, 0.3) is 5.91 Å². The van der Waals surface area contributed by atoms with E-state index in [9.17, 15) is 32.8 Å². The number of ether oxygens (including phenoxy) is 2. The van der Waals surface area contributed by atoms with E-state index in [0.717, 1.165) is 37.8 Å². The fourth-order valence-electron chi connectivity index (χ4n) is 5.94. The van der Waals surface area contributed by atoms with Gasteiger partial charge in [0.2, 0.25) is 11.8 Å². The summed E-state index contributed by atoms with van der Waals surface area (Å²) in [5.74, 6) is -1.48. The third kappa shape index (κ3) is 7.13. The van der Waals surface area contributed by atoms with Crippen molar-refractivity contribution < 1.29 is 37.0 Å². The molecule has 0 spiro atoms. The minimum atomic E-state index is -4.81. The Bertz CT molecular complexity index is 1120. The van der Waals surface area contributed by atoms with Crippen LogP contribution in [-0.4, -0.2) is 59.8 Å². The van der Waals surface area contributed by atoms with E-state index in [2.05, 4.69) is 21.4 Å². The summed E-state index contributed by atoms with van der Waals surface area (Å²) in [5, 5.41) is 15.4. The van der Waals surface area contributed by atoms with Gasteiger partial charge >= 0.3 is 6.36 Å². The van der Waals surface area contributed by atoms with Crippen LogP contribution in [0.5, 0.6) is 11.5 Å². The van der Waals surface area contributed by atoms with Gasteiger partial charge in [-0.3, -0.25) is 14.4 Å². The topological polar surface area (TPSA) is 121 Å². The molecule has 0 bridgehead atoms. The summed E-state index contributed by atoms with van der Waals surface area (Å²) < 4.78 is 46.4. The first kappa shape index (κ1) is 28.5. The standard InChI is InChI=1S/C27H33F3N4O5/c1-26(2)11-10-16(24(36)33-26)12-18(13-31)32-25(37)23-21-5-3-4-17(21)14-34(23)22(35)15-38-19-6-8-20(9-7-19)39-27(28,29)30/h6-9,16-18,21,23H,3-5,10-12,14-15H2,1-2H3,(H,32,37)(H,33,36)/t16-,17-,18-,21-,23?/m0/s1. The van der Waals surface area contributed by atoms with E-state index in [1.807, 2.05) is 13.8 Å². The first-order valence-electron chi connectivity index (χ1n) is 13.2. The van der Waals surface area contributed by atoms with Crippen LogP contribution in [0.4, 0.5) is 13.2 Å². The Morgan fingerprint density at radius 3 is 2.54 bits per heavy atom. The van der Waals surface area contributed by atoms with Crippen molar-refractivity contribution in [1.82, 2.24) is 15.5 Å². The number of alkyl halides is 3. The molecule has 0 radical (unpaired) electrons. The Morgan fingerprint density at radius 1 is 1.21 bits per heavy atom. The van der Waals surface area contributed by atoms with Crippen LogP contribution in [0.15, 0.2) is 24.3 Å². The van der Waals surface area contributed by atoms with Crippen LogP contribution in [0.25, 0.3) is 0 Å². The second-order valence-corrected chi connectivity index (χ2v) is 11.2. The van der Waals surface area contributed by atoms with E-state index in [1.54, 1.807) is 0 Å². The third-order valence-corrected chi connectivity index (χ3v) is 7.84. The fourth-order valence-corrected chi connectivity index (χ4v) is 5.94. The highest BCUT2D eigenvalue weighted by Gasteiger charge is 2.49. The van der Waals surface area contributed by atoms with Gasteiger partial charge in [-0.25, -0.2) is 0 Å². The lowest BCUT2D eigenvalue weighted by Crippen LogP contribution is -2.54. The lowest BCUT2D eigenvalue weighted by Gasteiger charge is -2.36. The molecule has 39 heavy (non-hydrogen) atoms. The zero-order valence-electron chi connectivity index (χ0n) is 21.9. The number of hydrogen-bond acceptors (Lipinski definition) is 6. The van der Waals surface area contributed by atoms with Gasteiger partial charge in [-0.1, -0.05) is 6.42 Å². The predicted molar refractivity (Wildman–Crippen MR) is 132 cm³/mol.